The lowest BCUT2D eigenvalue weighted by molar-refractivity contribution is 0.0604. The van der Waals surface area contributed by atoms with E-state index >= 15 is 0 Å². The molecule has 0 bridgehead atoms. The fourth-order valence-electron chi connectivity index (χ4n) is 1.79. The zero-order valence-corrected chi connectivity index (χ0v) is 14.5. The number of rotatable bonds is 8. The molecule has 2 N–H and O–H groups in total. The van der Waals surface area contributed by atoms with E-state index in [0.717, 1.165) is 6.04 Å². The molecule has 21 heavy (non-hydrogen) atoms. The van der Waals surface area contributed by atoms with E-state index in [0.29, 0.717) is 18.7 Å². The van der Waals surface area contributed by atoms with Gasteiger partial charge in [0.15, 0.2) is 5.69 Å². The Morgan fingerprint density at radius 2 is 2.05 bits per heavy atom. The number of hydrogen-bond donors (Lipinski definition) is 2. The van der Waals surface area contributed by atoms with Crippen molar-refractivity contribution in [1.82, 2.24) is 9.78 Å². The van der Waals surface area contributed by atoms with E-state index in [1.807, 2.05) is 0 Å². The first kappa shape index (κ1) is 17.9. The van der Waals surface area contributed by atoms with Gasteiger partial charge in [-0.1, -0.05) is 19.6 Å². The highest BCUT2D eigenvalue weighted by Crippen LogP contribution is 2.15. The van der Waals surface area contributed by atoms with Crippen molar-refractivity contribution in [2.24, 2.45) is 0 Å². The van der Waals surface area contributed by atoms with Crippen LogP contribution in [0.5, 0.6) is 0 Å². The Kier molecular flexibility index (Phi) is 5.72. The molecule has 0 spiro atoms. The number of hydrogen-bond acceptors (Lipinski definition) is 4. The second-order valence-corrected chi connectivity index (χ2v) is 12.8. The van der Waals surface area contributed by atoms with Crippen LogP contribution < -0.4 is 0 Å². The van der Waals surface area contributed by atoms with Crippen molar-refractivity contribution in [3.05, 3.63) is 17.5 Å². The first-order chi connectivity index (χ1) is 9.48. The van der Waals surface area contributed by atoms with Gasteiger partial charge in [-0.3, -0.25) is 0 Å². The highest BCUT2D eigenvalue weighted by molar-refractivity contribution is 6.76. The van der Waals surface area contributed by atoms with Crippen LogP contribution in [0.1, 0.15) is 30.0 Å². The van der Waals surface area contributed by atoms with Gasteiger partial charge < -0.3 is 14.9 Å². The molecule has 1 rings (SSSR count). The third-order valence-corrected chi connectivity index (χ3v) is 4.61. The molecule has 0 amide bonds. The van der Waals surface area contributed by atoms with Gasteiger partial charge in [0.25, 0.3) is 0 Å². The molecule has 7 heteroatoms. The molecule has 1 aromatic heterocycles. The van der Waals surface area contributed by atoms with Gasteiger partial charge in [-0.25, -0.2) is 9.48 Å². The summed E-state index contributed by atoms with van der Waals surface area (Å²) in [5.41, 5.74) is -0.290. The van der Waals surface area contributed by atoms with E-state index in [9.17, 15) is 9.90 Å². The van der Waals surface area contributed by atoms with E-state index in [-0.39, 0.29) is 12.4 Å². The van der Waals surface area contributed by atoms with E-state index in [4.69, 9.17) is 9.84 Å². The fraction of sp³-hybridized carbons (Fsp3) is 0.714. The van der Waals surface area contributed by atoms with Gasteiger partial charge in [0.05, 0.1) is 5.60 Å². The molecular formula is C14H26N2O4Si. The molecule has 0 saturated carbocycles. The average Bonchev–Trinajstić information content (AvgIpc) is 2.64. The Balaban J connectivity index is 2.72. The first-order valence-corrected chi connectivity index (χ1v) is 10.8. The van der Waals surface area contributed by atoms with Crippen molar-refractivity contribution in [2.75, 3.05) is 6.61 Å². The van der Waals surface area contributed by atoms with Crippen LogP contribution in [0.2, 0.25) is 25.7 Å². The van der Waals surface area contributed by atoms with Crippen LogP contribution >= 0.6 is 0 Å². The summed E-state index contributed by atoms with van der Waals surface area (Å²) in [4.78, 5) is 11.0. The van der Waals surface area contributed by atoms with Crippen molar-refractivity contribution in [3.8, 4) is 0 Å². The molecule has 0 aromatic carbocycles. The van der Waals surface area contributed by atoms with Crippen LogP contribution in [0.25, 0.3) is 0 Å². The molecule has 0 unspecified atom stereocenters. The monoisotopic (exact) mass is 314 g/mol. The maximum absolute atomic E-state index is 11.0. The summed E-state index contributed by atoms with van der Waals surface area (Å²) in [5.74, 6) is -1.08. The third kappa shape index (κ3) is 6.88. The second-order valence-electron chi connectivity index (χ2n) is 7.16. The minimum Gasteiger partial charge on any atom is -0.476 e. The number of carbonyl (C=O) groups is 1. The summed E-state index contributed by atoms with van der Waals surface area (Å²) in [6.07, 6.45) is 0.324. The van der Waals surface area contributed by atoms with Gasteiger partial charge in [-0.15, -0.1) is 0 Å². The maximum Gasteiger partial charge on any atom is 0.356 e. The number of carboxylic acids is 1. The molecular weight excluding hydrogens is 288 g/mol. The largest absolute Gasteiger partial charge is 0.476 e. The van der Waals surface area contributed by atoms with E-state index in [1.54, 1.807) is 13.8 Å². The van der Waals surface area contributed by atoms with Crippen LogP contribution in [0.3, 0.4) is 0 Å². The Hall–Kier alpha value is -1.18. The fourth-order valence-corrected chi connectivity index (χ4v) is 2.54. The Bertz CT molecular complexity index is 486. The number of nitrogens with zero attached hydrogens (tertiary/aromatic N) is 2. The van der Waals surface area contributed by atoms with Crippen molar-refractivity contribution in [3.63, 3.8) is 0 Å². The molecule has 0 aliphatic heterocycles. The minimum absolute atomic E-state index is 0.0250. The molecule has 120 valence electrons. The predicted molar refractivity (Wildman–Crippen MR) is 83.3 cm³/mol. The summed E-state index contributed by atoms with van der Waals surface area (Å²) in [6, 6.07) is 2.53. The van der Waals surface area contributed by atoms with Crippen molar-refractivity contribution in [1.29, 1.82) is 0 Å². The summed E-state index contributed by atoms with van der Waals surface area (Å²) in [7, 11) is -1.15. The third-order valence-electron chi connectivity index (χ3n) is 2.91. The summed E-state index contributed by atoms with van der Waals surface area (Å²) in [6.45, 7) is 11.0. The Morgan fingerprint density at radius 3 is 2.52 bits per heavy atom. The quantitative estimate of drug-likeness (QED) is 0.567. The molecule has 0 aliphatic rings. The standard InChI is InChI=1S/C14H26N2O4Si/c1-14(2,19)9-11-8-12(13(17)18)15-16(11)10-20-6-7-21(3,4)5/h8,19H,6-7,9-10H2,1-5H3,(H,17,18). The topological polar surface area (TPSA) is 84.6 Å². The van der Waals surface area contributed by atoms with Crippen LogP contribution in [0, 0.1) is 0 Å². The first-order valence-electron chi connectivity index (χ1n) is 7.08. The van der Waals surface area contributed by atoms with Crippen molar-refractivity contribution >= 4 is 14.0 Å². The molecule has 1 aromatic rings. The van der Waals surface area contributed by atoms with Gasteiger partial charge in [-0.2, -0.15) is 5.10 Å². The van der Waals surface area contributed by atoms with Crippen LogP contribution in [-0.2, 0) is 17.9 Å². The summed E-state index contributed by atoms with van der Waals surface area (Å²) < 4.78 is 7.12. The molecule has 6 nitrogen and oxygen atoms in total. The Morgan fingerprint density at radius 1 is 1.43 bits per heavy atom. The summed E-state index contributed by atoms with van der Waals surface area (Å²) >= 11 is 0. The number of carboxylic acid groups (broad SMARTS) is 1. The number of aromatic nitrogens is 2. The highest BCUT2D eigenvalue weighted by Gasteiger charge is 2.20. The molecule has 0 aliphatic carbocycles. The second kappa shape index (κ2) is 6.72. The van der Waals surface area contributed by atoms with Gasteiger partial charge in [0.1, 0.15) is 6.73 Å². The number of ether oxygens (including phenoxy) is 1. The lowest BCUT2D eigenvalue weighted by atomic mass is 10.0. The minimum atomic E-state index is -1.15. The van der Waals surface area contributed by atoms with Crippen molar-refractivity contribution < 1.29 is 19.7 Å². The molecule has 0 saturated heterocycles. The molecule has 0 radical (unpaired) electrons. The lowest BCUT2D eigenvalue weighted by Gasteiger charge is -2.18. The molecule has 0 fully saturated rings. The SMILES string of the molecule is CC(C)(O)Cc1cc(C(=O)O)nn1COCC[Si](C)(C)C. The molecule has 0 atom stereocenters. The lowest BCUT2D eigenvalue weighted by Crippen LogP contribution is -2.25. The van der Waals surface area contributed by atoms with E-state index in [1.165, 1.54) is 10.7 Å². The highest BCUT2D eigenvalue weighted by atomic mass is 28.3. The molecule has 1 heterocycles. The predicted octanol–water partition coefficient (Wildman–Crippen LogP) is 2.21. The number of aliphatic hydroxyl groups is 1. The van der Waals surface area contributed by atoms with Crippen molar-refractivity contribution in [2.45, 2.75) is 58.3 Å². The number of aromatic carboxylic acids is 1. The van der Waals surface area contributed by atoms with Crippen LogP contribution in [-0.4, -0.2) is 46.2 Å². The summed E-state index contributed by atoms with van der Waals surface area (Å²) in [5, 5.41) is 22.9. The van der Waals surface area contributed by atoms with E-state index in [2.05, 4.69) is 24.7 Å². The van der Waals surface area contributed by atoms with Crippen LogP contribution in [0.15, 0.2) is 6.07 Å². The normalized spacial score (nSPS) is 12.7. The van der Waals surface area contributed by atoms with Gasteiger partial charge >= 0.3 is 5.97 Å². The Labute approximate surface area is 126 Å². The van der Waals surface area contributed by atoms with E-state index < -0.39 is 19.6 Å². The van der Waals surface area contributed by atoms with Gasteiger partial charge in [0.2, 0.25) is 0 Å². The average molecular weight is 314 g/mol. The van der Waals surface area contributed by atoms with Gasteiger partial charge in [-0.05, 0) is 26.0 Å². The zero-order valence-electron chi connectivity index (χ0n) is 13.5. The zero-order chi connectivity index (χ0) is 16.3. The van der Waals surface area contributed by atoms with Gasteiger partial charge in [0, 0.05) is 26.8 Å². The maximum atomic E-state index is 11.0. The smallest absolute Gasteiger partial charge is 0.356 e. The van der Waals surface area contributed by atoms with Crippen LogP contribution in [0.4, 0.5) is 0 Å².